The van der Waals surface area contributed by atoms with Gasteiger partial charge in [-0.05, 0) is 24.6 Å². The summed E-state index contributed by atoms with van der Waals surface area (Å²) >= 11 is 0. The van der Waals surface area contributed by atoms with Crippen LogP contribution in [0.15, 0.2) is 29.3 Å². The van der Waals surface area contributed by atoms with E-state index in [1.54, 1.807) is 19.1 Å². The number of benzene rings is 1. The van der Waals surface area contributed by atoms with Crippen molar-refractivity contribution >= 4 is 5.84 Å². The highest BCUT2D eigenvalue weighted by molar-refractivity contribution is 6.00. The Bertz CT molecular complexity index is 811. The number of fused-ring (bicyclic) bond motifs is 2. The number of rotatable bonds is 1. The molecule has 0 amide bonds. The van der Waals surface area contributed by atoms with E-state index in [-0.39, 0.29) is 18.5 Å². The van der Waals surface area contributed by atoms with Crippen molar-refractivity contribution in [2.75, 3.05) is 6.61 Å². The van der Waals surface area contributed by atoms with Gasteiger partial charge in [0, 0.05) is 5.92 Å². The van der Waals surface area contributed by atoms with E-state index in [0.29, 0.717) is 5.56 Å². The predicted octanol–water partition coefficient (Wildman–Crippen LogP) is 1.40. The lowest BCUT2D eigenvalue weighted by Gasteiger charge is -2.26. The molecule has 2 heterocycles. The topological polar surface area (TPSA) is 104 Å². The fraction of sp³-hybridized carbons (Fsp3) is 0.438. The summed E-state index contributed by atoms with van der Waals surface area (Å²) in [7, 11) is 0. The van der Waals surface area contributed by atoms with Crippen LogP contribution in [0, 0.1) is 39.3 Å². The molecule has 116 valence electrons. The van der Waals surface area contributed by atoms with Gasteiger partial charge in [-0.2, -0.15) is 10.5 Å². The van der Waals surface area contributed by atoms with E-state index < -0.39 is 28.5 Å². The molecule has 7 heteroatoms. The Hall–Kier alpha value is -2.48. The fourth-order valence-corrected chi connectivity index (χ4v) is 4.02. The van der Waals surface area contributed by atoms with Crippen molar-refractivity contribution in [3.8, 4) is 12.1 Å². The van der Waals surface area contributed by atoms with Crippen LogP contribution in [0.4, 0.5) is 4.39 Å². The average Bonchev–Trinajstić information content (AvgIpc) is 2.92. The lowest BCUT2D eigenvalue weighted by atomic mass is 9.94. The van der Waals surface area contributed by atoms with Crippen molar-refractivity contribution in [3.63, 3.8) is 0 Å². The molecule has 1 saturated heterocycles. The highest BCUT2D eigenvalue weighted by Gasteiger charge is 2.94. The number of nitriles is 2. The van der Waals surface area contributed by atoms with Gasteiger partial charge in [0.05, 0.1) is 24.8 Å². The molecule has 2 N–H and O–H groups in total. The molecule has 2 fully saturated rings. The van der Waals surface area contributed by atoms with E-state index >= 15 is 0 Å². The van der Waals surface area contributed by atoms with Gasteiger partial charge in [-0.3, -0.25) is 0 Å². The number of hydrogen-bond donors (Lipinski definition) is 1. The number of nitrogens with two attached hydrogens (primary N) is 1. The van der Waals surface area contributed by atoms with Gasteiger partial charge in [0.2, 0.25) is 0 Å². The number of halogens is 1. The van der Waals surface area contributed by atoms with Gasteiger partial charge < -0.3 is 15.2 Å². The summed E-state index contributed by atoms with van der Waals surface area (Å²) in [6, 6.07) is 10.0. The van der Waals surface area contributed by atoms with Crippen molar-refractivity contribution in [2.24, 2.45) is 21.6 Å². The number of hydrogen-bond acceptors (Lipinski definition) is 6. The molecule has 5 atom stereocenters. The van der Waals surface area contributed by atoms with E-state index in [9.17, 15) is 14.9 Å². The molecule has 1 saturated carbocycles. The van der Waals surface area contributed by atoms with Crippen LogP contribution < -0.4 is 5.73 Å². The standard InChI is InChI=1S/C16H13FN4O2/c1-9-6-22-16(23-9)15(8-19)12(10-2-4-11(17)5-3-10)14(15,7-18)13(20)21-16/h2-5,9,12H,6H2,1H3,(H2,20,21)/t9-,12-,14-,15-,16-/m1/s1. The van der Waals surface area contributed by atoms with E-state index in [0.717, 1.165) is 0 Å². The van der Waals surface area contributed by atoms with Gasteiger partial charge >= 0.3 is 0 Å². The minimum absolute atomic E-state index is 0.0324. The predicted molar refractivity (Wildman–Crippen MR) is 76.1 cm³/mol. The van der Waals surface area contributed by atoms with Gasteiger partial charge in [-0.1, -0.05) is 12.1 Å². The summed E-state index contributed by atoms with van der Waals surface area (Å²) in [4.78, 5) is 4.21. The molecule has 1 spiro atoms. The van der Waals surface area contributed by atoms with Gasteiger partial charge in [0.1, 0.15) is 17.1 Å². The zero-order valence-electron chi connectivity index (χ0n) is 12.3. The molecule has 6 nitrogen and oxygen atoms in total. The molecule has 0 aromatic heterocycles. The third-order valence-electron chi connectivity index (χ3n) is 5.01. The molecule has 3 aliphatic rings. The van der Waals surface area contributed by atoms with Gasteiger partial charge in [0.25, 0.3) is 5.91 Å². The highest BCUT2D eigenvalue weighted by Crippen LogP contribution is 2.82. The molecule has 0 radical (unpaired) electrons. The molecular weight excluding hydrogens is 299 g/mol. The SMILES string of the molecule is C[C@@H]1CO[C@@]2(N=C(N)[C@@]3(C#N)[C@@H](c4ccc(F)cc4)[C@@]23C#N)O1. The van der Waals surface area contributed by atoms with Crippen molar-refractivity contribution in [3.05, 3.63) is 35.6 Å². The summed E-state index contributed by atoms with van der Waals surface area (Å²) in [6.45, 7) is 2.06. The van der Waals surface area contributed by atoms with E-state index in [1.807, 2.05) is 0 Å². The molecular formula is C16H13FN4O2. The first kappa shape index (κ1) is 14.1. The first-order valence-electron chi connectivity index (χ1n) is 7.23. The lowest BCUT2D eigenvalue weighted by molar-refractivity contribution is -0.193. The Morgan fingerprint density at radius 2 is 2.00 bits per heavy atom. The van der Waals surface area contributed by atoms with Crippen LogP contribution in [0.3, 0.4) is 0 Å². The Morgan fingerprint density at radius 1 is 1.30 bits per heavy atom. The van der Waals surface area contributed by atoms with Crippen LogP contribution in [0.1, 0.15) is 18.4 Å². The van der Waals surface area contributed by atoms with E-state index in [4.69, 9.17) is 15.2 Å². The monoisotopic (exact) mass is 312 g/mol. The van der Waals surface area contributed by atoms with Gasteiger partial charge in [-0.25, -0.2) is 9.38 Å². The van der Waals surface area contributed by atoms with Crippen molar-refractivity contribution < 1.29 is 13.9 Å². The van der Waals surface area contributed by atoms with Gasteiger partial charge in [-0.15, -0.1) is 0 Å². The smallest absolute Gasteiger partial charge is 0.293 e. The van der Waals surface area contributed by atoms with Crippen LogP contribution in [0.5, 0.6) is 0 Å². The average molecular weight is 312 g/mol. The van der Waals surface area contributed by atoms with Crippen LogP contribution in [-0.2, 0) is 9.47 Å². The second kappa shape index (κ2) is 4.08. The van der Waals surface area contributed by atoms with Crippen molar-refractivity contribution in [2.45, 2.75) is 24.9 Å². The fourth-order valence-electron chi connectivity index (χ4n) is 4.02. The Kier molecular flexibility index (Phi) is 2.51. The quantitative estimate of drug-likeness (QED) is 0.844. The third kappa shape index (κ3) is 1.31. The number of aliphatic imine (C=N–C) groups is 1. The van der Waals surface area contributed by atoms with E-state index in [2.05, 4.69) is 17.1 Å². The number of nitrogens with zero attached hydrogens (tertiary/aromatic N) is 3. The summed E-state index contributed by atoms with van der Waals surface area (Å²) < 4.78 is 24.7. The first-order chi connectivity index (χ1) is 11.0. The van der Waals surface area contributed by atoms with E-state index in [1.165, 1.54) is 12.1 Å². The van der Waals surface area contributed by atoms with Crippen LogP contribution in [-0.4, -0.2) is 24.5 Å². The maximum Gasteiger partial charge on any atom is 0.293 e. The maximum atomic E-state index is 13.2. The summed E-state index contributed by atoms with van der Waals surface area (Å²) in [6.07, 6.45) is -0.263. The molecule has 4 rings (SSSR count). The minimum Gasteiger partial charge on any atom is -0.386 e. The second-order valence-electron chi connectivity index (χ2n) is 6.14. The van der Waals surface area contributed by atoms with Crippen LogP contribution >= 0.6 is 0 Å². The summed E-state index contributed by atoms with van der Waals surface area (Å²) in [5.74, 6) is -2.51. The Morgan fingerprint density at radius 3 is 2.52 bits per heavy atom. The Balaban J connectivity index is 1.91. The second-order valence-corrected chi connectivity index (χ2v) is 6.14. The Labute approximate surface area is 131 Å². The molecule has 1 aromatic rings. The molecule has 0 bridgehead atoms. The van der Waals surface area contributed by atoms with Crippen LogP contribution in [0.25, 0.3) is 0 Å². The zero-order chi connectivity index (χ0) is 16.5. The third-order valence-corrected chi connectivity index (χ3v) is 5.01. The summed E-state index contributed by atoms with van der Waals surface area (Å²) in [5.41, 5.74) is 3.99. The summed E-state index contributed by atoms with van der Waals surface area (Å²) in [5, 5.41) is 19.7. The van der Waals surface area contributed by atoms with Crippen molar-refractivity contribution in [1.82, 2.24) is 0 Å². The number of ether oxygens (including phenoxy) is 2. The maximum absolute atomic E-state index is 13.2. The molecule has 0 unspecified atom stereocenters. The van der Waals surface area contributed by atoms with Crippen LogP contribution in [0.2, 0.25) is 0 Å². The minimum atomic E-state index is -1.57. The first-order valence-corrected chi connectivity index (χ1v) is 7.23. The van der Waals surface area contributed by atoms with Crippen molar-refractivity contribution in [1.29, 1.82) is 10.5 Å². The molecule has 23 heavy (non-hydrogen) atoms. The largest absolute Gasteiger partial charge is 0.386 e. The zero-order valence-corrected chi connectivity index (χ0v) is 12.3. The van der Waals surface area contributed by atoms with Gasteiger partial charge in [0.15, 0.2) is 5.41 Å². The number of amidine groups is 1. The molecule has 1 aromatic carbocycles. The normalized spacial score (nSPS) is 43.6. The molecule has 2 aliphatic heterocycles. The lowest BCUT2D eigenvalue weighted by Crippen LogP contribution is -2.39. The highest BCUT2D eigenvalue weighted by atomic mass is 19.1. The molecule has 1 aliphatic carbocycles.